The fraction of sp³-hybridized carbons (Fsp3) is 0. The molecule has 6 heteroatoms. The summed E-state index contributed by atoms with van der Waals surface area (Å²) >= 11 is 0. The van der Waals surface area contributed by atoms with Gasteiger partial charge < -0.3 is 5.32 Å². The van der Waals surface area contributed by atoms with Gasteiger partial charge in [-0.2, -0.15) is 4.39 Å². The normalized spacial score (nSPS) is 10.5. The first-order valence-corrected chi connectivity index (χ1v) is 6.20. The third-order valence-electron chi connectivity index (χ3n) is 3.05. The molecule has 0 aliphatic rings. The van der Waals surface area contributed by atoms with E-state index in [9.17, 15) is 14.5 Å². The minimum absolute atomic E-state index is 0.114. The van der Waals surface area contributed by atoms with Crippen LogP contribution >= 0.6 is 0 Å². The fourth-order valence-electron chi connectivity index (χ4n) is 2.11. The van der Waals surface area contributed by atoms with Crippen molar-refractivity contribution < 1.29 is 9.31 Å². The number of fused-ring (bicyclic) bond motifs is 1. The molecule has 5 nitrogen and oxygen atoms in total. The van der Waals surface area contributed by atoms with Gasteiger partial charge >= 0.3 is 5.69 Å². The first-order chi connectivity index (χ1) is 10.1. The Hall–Kier alpha value is -3.02. The van der Waals surface area contributed by atoms with Crippen LogP contribution in [0, 0.1) is 15.9 Å². The van der Waals surface area contributed by atoms with E-state index in [0.29, 0.717) is 5.69 Å². The lowest BCUT2D eigenvalue weighted by molar-refractivity contribution is -0.386. The summed E-state index contributed by atoms with van der Waals surface area (Å²) in [6, 6.07) is 13.0. The minimum Gasteiger partial charge on any atom is -0.350 e. The number of rotatable bonds is 3. The second-order valence-corrected chi connectivity index (χ2v) is 4.43. The van der Waals surface area contributed by atoms with E-state index in [4.69, 9.17) is 0 Å². The molecule has 2 aromatic carbocycles. The van der Waals surface area contributed by atoms with Gasteiger partial charge in [0.05, 0.1) is 10.4 Å². The van der Waals surface area contributed by atoms with E-state index in [1.54, 1.807) is 30.5 Å². The van der Waals surface area contributed by atoms with Crippen LogP contribution in [0.1, 0.15) is 0 Å². The van der Waals surface area contributed by atoms with Gasteiger partial charge in [-0.1, -0.05) is 12.1 Å². The van der Waals surface area contributed by atoms with Gasteiger partial charge in [0.1, 0.15) is 5.69 Å². The Morgan fingerprint density at radius 2 is 2.00 bits per heavy atom. The van der Waals surface area contributed by atoms with Crippen molar-refractivity contribution in [2.45, 2.75) is 0 Å². The molecule has 3 aromatic rings. The summed E-state index contributed by atoms with van der Waals surface area (Å²) in [7, 11) is 0. The van der Waals surface area contributed by atoms with Gasteiger partial charge in [0.2, 0.25) is 5.82 Å². The summed E-state index contributed by atoms with van der Waals surface area (Å²) in [4.78, 5) is 14.4. The summed E-state index contributed by atoms with van der Waals surface area (Å²) in [5.74, 6) is -0.868. The van der Waals surface area contributed by atoms with Crippen molar-refractivity contribution in [3.8, 4) is 0 Å². The van der Waals surface area contributed by atoms with Crippen molar-refractivity contribution in [2.75, 3.05) is 5.32 Å². The lowest BCUT2D eigenvalue weighted by Gasteiger charge is -2.08. The van der Waals surface area contributed by atoms with E-state index in [1.165, 1.54) is 12.1 Å². The monoisotopic (exact) mass is 283 g/mol. The molecular formula is C15H10FN3O2. The highest BCUT2D eigenvalue weighted by Gasteiger charge is 2.19. The van der Waals surface area contributed by atoms with Gasteiger partial charge in [0, 0.05) is 17.3 Å². The first kappa shape index (κ1) is 13.0. The summed E-state index contributed by atoms with van der Waals surface area (Å²) in [6.45, 7) is 0. The average Bonchev–Trinajstić information content (AvgIpc) is 2.47. The number of para-hydroxylation sites is 1. The predicted molar refractivity (Wildman–Crippen MR) is 78.1 cm³/mol. The van der Waals surface area contributed by atoms with Crippen molar-refractivity contribution >= 4 is 28.0 Å². The summed E-state index contributed by atoms with van der Waals surface area (Å²) in [5.41, 5.74) is 0.994. The quantitative estimate of drug-likeness (QED) is 0.582. The molecule has 0 fully saturated rings. The lowest BCUT2D eigenvalue weighted by Crippen LogP contribution is -1.99. The maximum Gasteiger partial charge on any atom is 0.327 e. The molecule has 0 spiro atoms. The second-order valence-electron chi connectivity index (χ2n) is 4.43. The van der Waals surface area contributed by atoms with Gasteiger partial charge in [-0.3, -0.25) is 15.1 Å². The maximum absolute atomic E-state index is 13.6. The van der Waals surface area contributed by atoms with Crippen molar-refractivity contribution in [1.82, 2.24) is 4.98 Å². The molecule has 0 aliphatic carbocycles. The third-order valence-corrected chi connectivity index (χ3v) is 3.05. The number of hydrogen-bond donors (Lipinski definition) is 1. The Morgan fingerprint density at radius 1 is 1.14 bits per heavy atom. The Kier molecular flexibility index (Phi) is 3.19. The van der Waals surface area contributed by atoms with Crippen LogP contribution in [-0.4, -0.2) is 9.91 Å². The molecule has 1 N–H and O–H groups in total. The molecule has 3 rings (SSSR count). The van der Waals surface area contributed by atoms with Crippen molar-refractivity contribution in [1.29, 1.82) is 0 Å². The highest BCUT2D eigenvalue weighted by atomic mass is 19.1. The Morgan fingerprint density at radius 3 is 2.81 bits per heavy atom. The molecule has 1 aromatic heterocycles. The number of nitrogens with one attached hydrogen (secondary N) is 1. The van der Waals surface area contributed by atoms with Crippen LogP contribution in [0.3, 0.4) is 0 Å². The zero-order valence-corrected chi connectivity index (χ0v) is 10.8. The van der Waals surface area contributed by atoms with E-state index in [1.807, 2.05) is 6.07 Å². The highest BCUT2D eigenvalue weighted by Crippen LogP contribution is 2.30. The van der Waals surface area contributed by atoms with E-state index < -0.39 is 16.4 Å². The topological polar surface area (TPSA) is 68.1 Å². The zero-order chi connectivity index (χ0) is 14.8. The number of hydrogen-bond acceptors (Lipinski definition) is 4. The number of nitrogens with zero attached hydrogens (tertiary/aromatic N) is 2. The Balaban J connectivity index is 2.02. The number of halogens is 1. The molecule has 1 heterocycles. The zero-order valence-electron chi connectivity index (χ0n) is 10.8. The summed E-state index contributed by atoms with van der Waals surface area (Å²) in [5, 5.41) is 14.7. The number of aromatic nitrogens is 1. The van der Waals surface area contributed by atoms with Crippen molar-refractivity contribution in [3.05, 3.63) is 70.7 Å². The van der Waals surface area contributed by atoms with Crippen LogP contribution < -0.4 is 5.32 Å². The minimum atomic E-state index is -0.868. The average molecular weight is 283 g/mol. The number of nitro benzene ring substituents is 1. The van der Waals surface area contributed by atoms with Gasteiger partial charge in [0.15, 0.2) is 0 Å². The molecule has 0 saturated heterocycles. The lowest BCUT2D eigenvalue weighted by atomic mass is 10.2. The number of anilines is 2. The molecule has 0 unspecified atom stereocenters. The van der Waals surface area contributed by atoms with Crippen LogP contribution in [0.2, 0.25) is 0 Å². The van der Waals surface area contributed by atoms with E-state index in [-0.39, 0.29) is 5.69 Å². The smallest absolute Gasteiger partial charge is 0.327 e. The molecule has 0 atom stereocenters. The molecule has 0 bridgehead atoms. The Labute approximate surface area is 119 Å². The van der Waals surface area contributed by atoms with Gasteiger partial charge in [-0.05, 0) is 36.4 Å². The standard InChI is InChI=1S/C15H10FN3O2/c16-12-4-1-5-14(15(12)19(20)21)18-11-6-7-13-10(9-11)3-2-8-17-13/h1-9,18H. The molecule has 104 valence electrons. The molecule has 0 amide bonds. The third kappa shape index (κ3) is 2.51. The highest BCUT2D eigenvalue weighted by molar-refractivity contribution is 5.84. The largest absolute Gasteiger partial charge is 0.350 e. The Bertz CT molecular complexity index is 836. The molecule has 0 saturated carbocycles. The maximum atomic E-state index is 13.6. The van der Waals surface area contributed by atoms with Crippen molar-refractivity contribution in [2.24, 2.45) is 0 Å². The van der Waals surface area contributed by atoms with Crippen LogP contribution in [0.5, 0.6) is 0 Å². The van der Waals surface area contributed by atoms with E-state index in [0.717, 1.165) is 17.0 Å². The van der Waals surface area contributed by atoms with E-state index >= 15 is 0 Å². The number of nitro groups is 1. The van der Waals surface area contributed by atoms with Gasteiger partial charge in [-0.25, -0.2) is 0 Å². The number of benzene rings is 2. The molecule has 21 heavy (non-hydrogen) atoms. The van der Waals surface area contributed by atoms with Crippen LogP contribution in [0.25, 0.3) is 10.9 Å². The SMILES string of the molecule is O=[N+]([O-])c1c(F)cccc1Nc1ccc2ncccc2c1. The van der Waals surface area contributed by atoms with Crippen LogP contribution in [-0.2, 0) is 0 Å². The van der Waals surface area contributed by atoms with Crippen LogP contribution in [0.4, 0.5) is 21.5 Å². The summed E-state index contributed by atoms with van der Waals surface area (Å²) < 4.78 is 13.6. The molecule has 0 aliphatic heterocycles. The van der Waals surface area contributed by atoms with Crippen molar-refractivity contribution in [3.63, 3.8) is 0 Å². The molecular weight excluding hydrogens is 273 g/mol. The molecule has 0 radical (unpaired) electrons. The first-order valence-electron chi connectivity index (χ1n) is 6.20. The number of pyridine rings is 1. The van der Waals surface area contributed by atoms with Gasteiger partial charge in [-0.15, -0.1) is 0 Å². The van der Waals surface area contributed by atoms with Crippen LogP contribution in [0.15, 0.2) is 54.7 Å². The fourth-order valence-corrected chi connectivity index (χ4v) is 2.11. The summed E-state index contributed by atoms with van der Waals surface area (Å²) in [6.07, 6.45) is 1.69. The van der Waals surface area contributed by atoms with E-state index in [2.05, 4.69) is 10.3 Å². The second kappa shape index (κ2) is 5.16. The van der Waals surface area contributed by atoms with Gasteiger partial charge in [0.25, 0.3) is 0 Å². The predicted octanol–water partition coefficient (Wildman–Crippen LogP) is 4.03.